The van der Waals surface area contributed by atoms with Gasteiger partial charge in [0, 0.05) is 12.4 Å². The van der Waals surface area contributed by atoms with Crippen LogP contribution < -0.4 is 4.31 Å². The van der Waals surface area contributed by atoms with Crippen molar-refractivity contribution < 1.29 is 31.1 Å². The first kappa shape index (κ1) is 19.7. The first-order valence-electron chi connectivity index (χ1n) is 7.27. The van der Waals surface area contributed by atoms with Crippen LogP contribution in [0.4, 0.5) is 18.9 Å². The van der Waals surface area contributed by atoms with Crippen LogP contribution in [0, 0.1) is 0 Å². The highest BCUT2D eigenvalue weighted by Crippen LogP contribution is 2.26. The average Bonchev–Trinajstić information content (AvgIpc) is 2.58. The lowest BCUT2D eigenvalue weighted by molar-refractivity contribution is -0.106. The molecule has 6 nitrogen and oxygen atoms in total. The number of rotatable bonds is 6. The Morgan fingerprint density at radius 2 is 1.85 bits per heavy atom. The highest BCUT2D eigenvalue weighted by Gasteiger charge is 2.38. The molecule has 0 aliphatic rings. The molecule has 0 saturated carbocycles. The Balaban J connectivity index is 2.41. The Bertz CT molecular complexity index is 853. The number of carbonyl (C=O) groups is 1. The van der Waals surface area contributed by atoms with Crippen molar-refractivity contribution in [1.82, 2.24) is 4.98 Å². The zero-order valence-electron chi connectivity index (χ0n) is 13.6. The van der Waals surface area contributed by atoms with Crippen LogP contribution in [0.2, 0.25) is 0 Å². The minimum absolute atomic E-state index is 0.00856. The number of methoxy groups -OCH3 is 1. The monoisotopic (exact) mass is 388 g/mol. The molecule has 140 valence electrons. The molecule has 1 heterocycles. The van der Waals surface area contributed by atoms with Crippen molar-refractivity contribution >= 4 is 21.7 Å². The maximum atomic E-state index is 12.7. The molecule has 0 bridgehead atoms. The first-order chi connectivity index (χ1) is 12.1. The highest BCUT2D eigenvalue weighted by atomic mass is 32.2. The summed E-state index contributed by atoms with van der Waals surface area (Å²) in [6, 6.07) is 8.14. The molecule has 0 unspecified atom stereocenters. The molecule has 0 N–H and O–H groups in total. The van der Waals surface area contributed by atoms with E-state index in [-0.39, 0.29) is 17.8 Å². The molecule has 0 spiro atoms. The van der Waals surface area contributed by atoms with Crippen LogP contribution in [-0.4, -0.2) is 38.4 Å². The fourth-order valence-corrected chi connectivity index (χ4v) is 3.53. The van der Waals surface area contributed by atoms with Crippen molar-refractivity contribution in [1.29, 1.82) is 0 Å². The number of aromatic nitrogens is 1. The van der Waals surface area contributed by atoms with Gasteiger partial charge in [0.05, 0.1) is 24.9 Å². The third kappa shape index (κ3) is 5.19. The van der Waals surface area contributed by atoms with Gasteiger partial charge < -0.3 is 4.74 Å². The van der Waals surface area contributed by atoms with Crippen LogP contribution in [0.25, 0.3) is 0 Å². The fraction of sp³-hybridized carbons (Fsp3) is 0.250. The van der Waals surface area contributed by atoms with E-state index in [4.69, 9.17) is 0 Å². The molecule has 2 aromatic rings. The van der Waals surface area contributed by atoms with Gasteiger partial charge in [-0.25, -0.2) is 13.2 Å². The number of hydrogen-bond acceptors (Lipinski definition) is 5. The molecule has 0 fully saturated rings. The maximum Gasteiger partial charge on any atom is 0.404 e. The van der Waals surface area contributed by atoms with Gasteiger partial charge in [-0.05, 0) is 35.9 Å². The molecular formula is C16H15F3N2O4S. The smallest absolute Gasteiger partial charge is 0.404 e. The number of nitrogens with zero attached hydrogens (tertiary/aromatic N) is 2. The molecule has 10 heteroatoms. The van der Waals surface area contributed by atoms with Crippen LogP contribution in [0.5, 0.6) is 0 Å². The molecule has 0 aliphatic heterocycles. The number of ether oxygens (including phenoxy) is 1. The second-order valence-electron chi connectivity index (χ2n) is 5.28. The summed E-state index contributed by atoms with van der Waals surface area (Å²) in [5.41, 5.74) is 0.548. The lowest BCUT2D eigenvalue weighted by Crippen LogP contribution is -2.37. The van der Waals surface area contributed by atoms with E-state index in [2.05, 4.69) is 9.72 Å². The molecule has 0 atom stereocenters. The minimum Gasteiger partial charge on any atom is -0.465 e. The van der Waals surface area contributed by atoms with Gasteiger partial charge in [-0.3, -0.25) is 9.29 Å². The summed E-state index contributed by atoms with van der Waals surface area (Å²) in [6.45, 7) is -0.330. The van der Waals surface area contributed by atoms with Gasteiger partial charge >= 0.3 is 12.1 Å². The van der Waals surface area contributed by atoms with Gasteiger partial charge in [-0.15, -0.1) is 0 Å². The number of halogens is 3. The van der Waals surface area contributed by atoms with E-state index >= 15 is 0 Å². The summed E-state index contributed by atoms with van der Waals surface area (Å²) in [5, 5.41) is 0. The van der Waals surface area contributed by atoms with Crippen molar-refractivity contribution in [2.75, 3.05) is 17.2 Å². The number of anilines is 1. The molecule has 1 aromatic heterocycles. The fourth-order valence-electron chi connectivity index (χ4n) is 2.17. The minimum atomic E-state index is -4.89. The molecule has 0 aliphatic carbocycles. The quantitative estimate of drug-likeness (QED) is 0.712. The number of benzene rings is 1. The van der Waals surface area contributed by atoms with Crippen LogP contribution >= 0.6 is 0 Å². The molecule has 26 heavy (non-hydrogen) atoms. The number of alkyl halides is 3. The predicted molar refractivity (Wildman–Crippen MR) is 88.0 cm³/mol. The van der Waals surface area contributed by atoms with Gasteiger partial charge in [-0.1, -0.05) is 6.07 Å². The molecule has 0 amide bonds. The van der Waals surface area contributed by atoms with Crippen molar-refractivity contribution in [2.24, 2.45) is 0 Å². The predicted octanol–water partition coefficient (Wildman–Crippen LogP) is 2.77. The Labute approximate surface area is 148 Å². The number of sulfonamides is 1. The van der Waals surface area contributed by atoms with Gasteiger partial charge in [0.15, 0.2) is 5.75 Å². The molecule has 0 saturated heterocycles. The summed E-state index contributed by atoms with van der Waals surface area (Å²) in [6.07, 6.45) is -2.07. The number of esters is 1. The van der Waals surface area contributed by atoms with E-state index in [1.54, 1.807) is 12.1 Å². The van der Waals surface area contributed by atoms with Gasteiger partial charge in [0.25, 0.3) is 0 Å². The van der Waals surface area contributed by atoms with E-state index in [9.17, 15) is 26.4 Å². The van der Waals surface area contributed by atoms with E-state index in [1.807, 2.05) is 0 Å². The molecule has 0 radical (unpaired) electrons. The normalized spacial score (nSPS) is 11.8. The van der Waals surface area contributed by atoms with Crippen molar-refractivity contribution in [3.63, 3.8) is 0 Å². The van der Waals surface area contributed by atoms with Crippen molar-refractivity contribution in [3.05, 3.63) is 59.9 Å². The maximum absolute atomic E-state index is 12.7. The average molecular weight is 388 g/mol. The van der Waals surface area contributed by atoms with Gasteiger partial charge in [0.2, 0.25) is 10.0 Å². The SMILES string of the molecule is COC(=O)c1ccc(N(Cc2cccnc2)S(=O)(=O)CC(F)(F)F)cc1. The largest absolute Gasteiger partial charge is 0.465 e. The van der Waals surface area contributed by atoms with Crippen LogP contribution in [0.3, 0.4) is 0 Å². The van der Waals surface area contributed by atoms with E-state index in [1.165, 1.54) is 43.8 Å². The van der Waals surface area contributed by atoms with Crippen molar-refractivity contribution in [3.8, 4) is 0 Å². The third-order valence-electron chi connectivity index (χ3n) is 3.31. The van der Waals surface area contributed by atoms with E-state index in [0.29, 0.717) is 9.87 Å². The second-order valence-corrected chi connectivity index (χ2v) is 7.17. The standard InChI is InChI=1S/C16H15F3N2O4S/c1-25-15(22)13-4-6-14(7-5-13)21(10-12-3-2-8-20-9-12)26(23,24)11-16(17,18)19/h2-9H,10-11H2,1H3. The van der Waals surface area contributed by atoms with Crippen LogP contribution in [0.1, 0.15) is 15.9 Å². The highest BCUT2D eigenvalue weighted by molar-refractivity contribution is 7.92. The third-order valence-corrected chi connectivity index (χ3v) is 5.01. The Morgan fingerprint density at radius 3 is 2.35 bits per heavy atom. The second kappa shape index (κ2) is 7.73. The van der Waals surface area contributed by atoms with Gasteiger partial charge in [-0.2, -0.15) is 13.2 Å². The van der Waals surface area contributed by atoms with Gasteiger partial charge in [0.1, 0.15) is 0 Å². The first-order valence-corrected chi connectivity index (χ1v) is 8.88. The summed E-state index contributed by atoms with van der Waals surface area (Å²) in [5.74, 6) is -2.65. The molecule has 1 aromatic carbocycles. The molecular weight excluding hydrogens is 373 g/mol. The van der Waals surface area contributed by atoms with Crippen LogP contribution in [-0.2, 0) is 21.3 Å². The lowest BCUT2D eigenvalue weighted by Gasteiger charge is -2.25. The Morgan fingerprint density at radius 1 is 1.19 bits per heavy atom. The van der Waals surface area contributed by atoms with E-state index < -0.39 is 27.9 Å². The summed E-state index contributed by atoms with van der Waals surface area (Å²) >= 11 is 0. The summed E-state index contributed by atoms with van der Waals surface area (Å²) < 4.78 is 67.9. The van der Waals surface area contributed by atoms with E-state index in [0.717, 1.165) is 0 Å². The zero-order valence-corrected chi connectivity index (χ0v) is 14.4. The topological polar surface area (TPSA) is 76.6 Å². The Kier molecular flexibility index (Phi) is 5.86. The summed E-state index contributed by atoms with van der Waals surface area (Å²) in [7, 11) is -3.53. The van der Waals surface area contributed by atoms with Crippen molar-refractivity contribution in [2.45, 2.75) is 12.7 Å². The Hall–Kier alpha value is -2.62. The number of hydrogen-bond donors (Lipinski definition) is 0. The summed E-state index contributed by atoms with van der Waals surface area (Å²) in [4.78, 5) is 15.3. The lowest BCUT2D eigenvalue weighted by atomic mass is 10.2. The van der Waals surface area contributed by atoms with Crippen LogP contribution in [0.15, 0.2) is 48.8 Å². The molecule has 2 rings (SSSR count). The zero-order chi connectivity index (χ0) is 19.4. The number of carbonyl (C=O) groups excluding carboxylic acids is 1. The number of pyridine rings is 1.